The van der Waals surface area contributed by atoms with Crippen molar-refractivity contribution in [2.75, 3.05) is 20.3 Å². The van der Waals surface area contributed by atoms with Gasteiger partial charge in [0.15, 0.2) is 11.5 Å². The zero-order valence-corrected chi connectivity index (χ0v) is 11.7. The molecule has 0 spiro atoms. The second-order valence-corrected chi connectivity index (χ2v) is 5.35. The van der Waals surface area contributed by atoms with E-state index in [0.29, 0.717) is 19.6 Å². The molecule has 0 aliphatic carbocycles. The number of methoxy groups -OCH3 is 1. The van der Waals surface area contributed by atoms with Crippen molar-refractivity contribution < 1.29 is 19.0 Å². The normalized spacial score (nSPS) is 15.0. The van der Waals surface area contributed by atoms with E-state index in [1.54, 1.807) is 0 Å². The van der Waals surface area contributed by atoms with Crippen LogP contribution in [0.2, 0.25) is 0 Å². The number of rotatable bonds is 4. The van der Waals surface area contributed by atoms with E-state index in [0.717, 1.165) is 23.5 Å². The first-order valence-corrected chi connectivity index (χ1v) is 6.70. The summed E-state index contributed by atoms with van der Waals surface area (Å²) in [4.78, 5) is 11.2. The van der Waals surface area contributed by atoms with Gasteiger partial charge in [0, 0.05) is 4.83 Å². The third kappa shape index (κ3) is 3.38. The second-order valence-electron chi connectivity index (χ2n) is 4.06. The molecule has 5 heteroatoms. The van der Waals surface area contributed by atoms with Crippen LogP contribution < -0.4 is 9.47 Å². The lowest BCUT2D eigenvalue weighted by Gasteiger charge is -2.19. The van der Waals surface area contributed by atoms with Crippen molar-refractivity contribution >= 4 is 21.9 Å². The van der Waals surface area contributed by atoms with Gasteiger partial charge < -0.3 is 14.2 Å². The van der Waals surface area contributed by atoms with E-state index in [-0.39, 0.29) is 10.8 Å². The fraction of sp³-hybridized carbons (Fsp3) is 0.462. The SMILES string of the molecule is COC(=O)CC(Br)Cc1ccc2c(c1)OCCO2. The Balaban J connectivity index is 1.99. The summed E-state index contributed by atoms with van der Waals surface area (Å²) in [6.45, 7) is 1.17. The van der Waals surface area contributed by atoms with Gasteiger partial charge in [-0.15, -0.1) is 0 Å². The number of fused-ring (bicyclic) bond motifs is 1. The fourth-order valence-electron chi connectivity index (χ4n) is 1.81. The zero-order valence-electron chi connectivity index (χ0n) is 10.1. The molecule has 0 fully saturated rings. The number of hydrogen-bond acceptors (Lipinski definition) is 4. The van der Waals surface area contributed by atoms with E-state index < -0.39 is 0 Å². The Morgan fingerprint density at radius 2 is 2.11 bits per heavy atom. The molecule has 1 heterocycles. The minimum absolute atomic E-state index is 0.0625. The first-order valence-electron chi connectivity index (χ1n) is 5.78. The third-order valence-corrected chi connectivity index (χ3v) is 3.33. The van der Waals surface area contributed by atoms with Gasteiger partial charge in [0.2, 0.25) is 0 Å². The summed E-state index contributed by atoms with van der Waals surface area (Å²) in [5.41, 5.74) is 1.10. The van der Waals surface area contributed by atoms with Crippen LogP contribution in [0.1, 0.15) is 12.0 Å². The molecule has 1 aliphatic heterocycles. The Kier molecular flexibility index (Phi) is 4.47. The van der Waals surface area contributed by atoms with Gasteiger partial charge in [-0.1, -0.05) is 22.0 Å². The average Bonchev–Trinajstić information content (AvgIpc) is 2.38. The molecule has 98 valence electrons. The number of carbonyl (C=O) groups excluding carboxylic acids is 1. The minimum Gasteiger partial charge on any atom is -0.486 e. The predicted molar refractivity (Wildman–Crippen MR) is 70.5 cm³/mol. The summed E-state index contributed by atoms with van der Waals surface area (Å²) in [5, 5.41) is 0. The fourth-order valence-corrected chi connectivity index (χ4v) is 2.44. The molecule has 2 rings (SSSR count). The maximum atomic E-state index is 11.1. The molecule has 0 aromatic heterocycles. The van der Waals surface area contributed by atoms with E-state index >= 15 is 0 Å². The highest BCUT2D eigenvalue weighted by Gasteiger charge is 2.15. The van der Waals surface area contributed by atoms with Gasteiger partial charge in [-0.05, 0) is 24.1 Å². The molecule has 1 aromatic carbocycles. The molecule has 0 saturated carbocycles. The Bertz CT molecular complexity index is 433. The van der Waals surface area contributed by atoms with Gasteiger partial charge in [0.05, 0.1) is 13.5 Å². The molecule has 0 N–H and O–H groups in total. The topological polar surface area (TPSA) is 44.8 Å². The minimum atomic E-state index is -0.214. The molecule has 1 unspecified atom stereocenters. The number of esters is 1. The van der Waals surface area contributed by atoms with E-state index in [1.165, 1.54) is 7.11 Å². The van der Waals surface area contributed by atoms with Crippen LogP contribution >= 0.6 is 15.9 Å². The molecule has 1 atom stereocenters. The lowest BCUT2D eigenvalue weighted by atomic mass is 10.1. The highest BCUT2D eigenvalue weighted by atomic mass is 79.9. The van der Waals surface area contributed by atoms with Crippen LogP contribution in [0.15, 0.2) is 18.2 Å². The largest absolute Gasteiger partial charge is 0.486 e. The molecule has 0 bridgehead atoms. The average molecular weight is 315 g/mol. The molecule has 1 aromatic rings. The zero-order chi connectivity index (χ0) is 13.0. The monoisotopic (exact) mass is 314 g/mol. The summed E-state index contributed by atoms with van der Waals surface area (Å²) in [7, 11) is 1.39. The third-order valence-electron chi connectivity index (χ3n) is 2.68. The van der Waals surface area contributed by atoms with E-state index in [1.807, 2.05) is 18.2 Å². The van der Waals surface area contributed by atoms with Crippen molar-refractivity contribution in [1.82, 2.24) is 0 Å². The maximum Gasteiger partial charge on any atom is 0.306 e. The van der Waals surface area contributed by atoms with E-state index in [9.17, 15) is 4.79 Å². The quantitative estimate of drug-likeness (QED) is 0.632. The van der Waals surface area contributed by atoms with Crippen LogP contribution in [0, 0.1) is 0 Å². The van der Waals surface area contributed by atoms with Crippen molar-refractivity contribution in [3.8, 4) is 11.5 Å². The van der Waals surface area contributed by atoms with Crippen molar-refractivity contribution in [2.24, 2.45) is 0 Å². The first-order chi connectivity index (χ1) is 8.69. The molecule has 4 nitrogen and oxygen atoms in total. The number of alkyl halides is 1. The second kappa shape index (κ2) is 6.09. The van der Waals surface area contributed by atoms with Crippen molar-refractivity contribution in [2.45, 2.75) is 17.7 Å². The van der Waals surface area contributed by atoms with Crippen LogP contribution in [0.5, 0.6) is 11.5 Å². The number of benzene rings is 1. The van der Waals surface area contributed by atoms with Crippen molar-refractivity contribution in [1.29, 1.82) is 0 Å². The van der Waals surface area contributed by atoms with Crippen molar-refractivity contribution in [3.05, 3.63) is 23.8 Å². The maximum absolute atomic E-state index is 11.1. The van der Waals surface area contributed by atoms with Gasteiger partial charge in [-0.2, -0.15) is 0 Å². The lowest BCUT2D eigenvalue weighted by molar-refractivity contribution is -0.140. The number of hydrogen-bond donors (Lipinski definition) is 0. The van der Waals surface area contributed by atoms with Crippen LogP contribution in [-0.4, -0.2) is 31.1 Å². The van der Waals surface area contributed by atoms with Gasteiger partial charge in [0.1, 0.15) is 13.2 Å². The van der Waals surface area contributed by atoms with Gasteiger partial charge in [-0.25, -0.2) is 0 Å². The standard InChI is InChI=1S/C13H15BrO4/c1-16-13(15)8-10(14)6-9-2-3-11-12(7-9)18-5-4-17-11/h2-3,7,10H,4-6,8H2,1H3. The molecule has 0 saturated heterocycles. The Labute approximate surface area is 114 Å². The number of halogens is 1. The summed E-state index contributed by atoms with van der Waals surface area (Å²) >= 11 is 3.48. The van der Waals surface area contributed by atoms with Crippen LogP contribution in [-0.2, 0) is 16.0 Å². The first kappa shape index (κ1) is 13.2. The van der Waals surface area contributed by atoms with Crippen molar-refractivity contribution in [3.63, 3.8) is 0 Å². The van der Waals surface area contributed by atoms with Crippen LogP contribution in [0.25, 0.3) is 0 Å². The lowest BCUT2D eigenvalue weighted by Crippen LogP contribution is -2.16. The Hall–Kier alpha value is -1.23. The number of carbonyl (C=O) groups is 1. The smallest absolute Gasteiger partial charge is 0.306 e. The summed E-state index contributed by atoms with van der Waals surface area (Å²) in [5.74, 6) is 1.34. The molecule has 18 heavy (non-hydrogen) atoms. The summed E-state index contributed by atoms with van der Waals surface area (Å²) in [6, 6.07) is 5.85. The van der Waals surface area contributed by atoms with Gasteiger partial charge in [-0.3, -0.25) is 4.79 Å². The predicted octanol–water partition coefficient (Wildman–Crippen LogP) is 2.33. The Morgan fingerprint density at radius 3 is 2.83 bits per heavy atom. The van der Waals surface area contributed by atoms with E-state index in [2.05, 4.69) is 20.7 Å². The van der Waals surface area contributed by atoms with Crippen LogP contribution in [0.3, 0.4) is 0 Å². The Morgan fingerprint density at radius 1 is 1.39 bits per heavy atom. The van der Waals surface area contributed by atoms with Gasteiger partial charge >= 0.3 is 5.97 Å². The van der Waals surface area contributed by atoms with E-state index in [4.69, 9.17) is 9.47 Å². The van der Waals surface area contributed by atoms with Gasteiger partial charge in [0.25, 0.3) is 0 Å². The summed E-state index contributed by atoms with van der Waals surface area (Å²) in [6.07, 6.45) is 1.09. The number of ether oxygens (including phenoxy) is 3. The molecular weight excluding hydrogens is 300 g/mol. The summed E-state index contributed by atoms with van der Waals surface area (Å²) < 4.78 is 15.6. The highest BCUT2D eigenvalue weighted by molar-refractivity contribution is 9.09. The molecule has 1 aliphatic rings. The molecule has 0 amide bonds. The van der Waals surface area contributed by atoms with Crippen LogP contribution in [0.4, 0.5) is 0 Å². The highest BCUT2D eigenvalue weighted by Crippen LogP contribution is 2.31. The molecule has 0 radical (unpaired) electrons. The molecular formula is C13H15BrO4.